The Labute approximate surface area is 78.0 Å². The summed E-state index contributed by atoms with van der Waals surface area (Å²) in [4.78, 5) is 0. The molecule has 44 valence electrons. The normalized spacial score (nSPS) is 6.67. The third-order valence-electron chi connectivity index (χ3n) is 0.756. The number of rotatable bonds is 0. The molecule has 0 atom stereocenters. The molecule has 0 aliphatic carbocycles. The molecule has 0 bridgehead atoms. The van der Waals surface area contributed by atoms with E-state index in [4.69, 9.17) is 5.11 Å². The molecular weight excluding hydrogens is 123 g/mol. The number of hydrogen-bond donors (Lipinski definition) is 1. The molecule has 1 aromatic carbocycles. The van der Waals surface area contributed by atoms with Crippen molar-refractivity contribution in [1.29, 1.82) is 0 Å². The van der Waals surface area contributed by atoms with Gasteiger partial charge in [-0.25, -0.2) is 0 Å². The molecule has 0 heterocycles. The van der Waals surface area contributed by atoms with Gasteiger partial charge in [-0.05, 0) is 12.1 Å². The van der Waals surface area contributed by atoms with Crippen molar-refractivity contribution < 1.29 is 34.7 Å². The molecule has 0 aliphatic heterocycles. The summed E-state index contributed by atoms with van der Waals surface area (Å²) in [5.41, 5.74) is 0. The molecular formula is C7H9NaO. The van der Waals surface area contributed by atoms with Crippen LogP contribution in [0, 0.1) is 7.43 Å². The smallest absolute Gasteiger partial charge is 0.508 e. The molecule has 0 radical (unpaired) electrons. The second-order valence-corrected chi connectivity index (χ2v) is 1.34. The third kappa shape index (κ3) is 4.52. The van der Waals surface area contributed by atoms with Crippen LogP contribution in [-0.4, -0.2) is 5.11 Å². The average Bonchev–Trinajstić information content (AvgIpc) is 1.69. The van der Waals surface area contributed by atoms with Crippen LogP contribution in [0.2, 0.25) is 0 Å². The van der Waals surface area contributed by atoms with Crippen LogP contribution in [0.15, 0.2) is 30.3 Å². The van der Waals surface area contributed by atoms with E-state index in [-0.39, 0.29) is 37.0 Å². The number of benzene rings is 1. The minimum Gasteiger partial charge on any atom is -0.508 e. The van der Waals surface area contributed by atoms with Crippen LogP contribution >= 0.6 is 0 Å². The van der Waals surface area contributed by atoms with Crippen molar-refractivity contribution in [2.45, 2.75) is 0 Å². The predicted octanol–water partition coefficient (Wildman–Crippen LogP) is -1.15. The minimum absolute atomic E-state index is 0. The summed E-state index contributed by atoms with van der Waals surface area (Å²) in [6, 6.07) is 8.71. The molecule has 0 unspecified atom stereocenters. The Morgan fingerprint density at radius 2 is 1.44 bits per heavy atom. The zero-order chi connectivity index (χ0) is 5.11. The van der Waals surface area contributed by atoms with E-state index in [0.29, 0.717) is 5.75 Å². The SMILES string of the molecule is Oc1ccccc1.[CH3-].[Na+]. The van der Waals surface area contributed by atoms with Gasteiger partial charge in [-0.15, -0.1) is 0 Å². The molecule has 9 heavy (non-hydrogen) atoms. The van der Waals surface area contributed by atoms with Crippen molar-refractivity contribution in [3.05, 3.63) is 37.8 Å². The summed E-state index contributed by atoms with van der Waals surface area (Å²) < 4.78 is 0. The van der Waals surface area contributed by atoms with E-state index < -0.39 is 0 Å². The van der Waals surface area contributed by atoms with Crippen LogP contribution in [0.25, 0.3) is 0 Å². The van der Waals surface area contributed by atoms with E-state index in [1.54, 1.807) is 24.3 Å². The molecule has 1 N–H and O–H groups in total. The molecule has 0 aliphatic rings. The van der Waals surface area contributed by atoms with Crippen LogP contribution in [0.1, 0.15) is 0 Å². The Hall–Kier alpha value is 0.0200. The van der Waals surface area contributed by atoms with E-state index in [1.165, 1.54) is 0 Å². The molecule has 2 heteroatoms. The van der Waals surface area contributed by atoms with E-state index in [1.807, 2.05) is 6.07 Å². The molecule has 1 aromatic rings. The fourth-order valence-corrected chi connectivity index (χ4v) is 0.428. The second kappa shape index (κ2) is 6.14. The first kappa shape index (κ1) is 11.8. The molecule has 1 nitrogen and oxygen atoms in total. The molecule has 0 spiro atoms. The quantitative estimate of drug-likeness (QED) is 0.349. The Balaban J connectivity index is 0. The van der Waals surface area contributed by atoms with Gasteiger partial charge in [-0.2, -0.15) is 0 Å². The van der Waals surface area contributed by atoms with Crippen LogP contribution in [0.4, 0.5) is 0 Å². The first-order chi connectivity index (χ1) is 3.39. The maximum atomic E-state index is 8.63. The van der Waals surface area contributed by atoms with Crippen molar-refractivity contribution >= 4 is 0 Å². The Morgan fingerprint density at radius 1 is 1.00 bits per heavy atom. The summed E-state index contributed by atoms with van der Waals surface area (Å²) in [7, 11) is 0. The second-order valence-electron chi connectivity index (χ2n) is 1.34. The van der Waals surface area contributed by atoms with E-state index in [9.17, 15) is 0 Å². The number of aromatic hydroxyl groups is 1. The third-order valence-corrected chi connectivity index (χ3v) is 0.756. The summed E-state index contributed by atoms with van der Waals surface area (Å²) >= 11 is 0. The predicted molar refractivity (Wildman–Crippen MR) is 34.5 cm³/mol. The van der Waals surface area contributed by atoms with Gasteiger partial charge in [0.1, 0.15) is 5.75 Å². The van der Waals surface area contributed by atoms with Gasteiger partial charge in [-0.3, -0.25) is 0 Å². The van der Waals surface area contributed by atoms with E-state index in [0.717, 1.165) is 0 Å². The van der Waals surface area contributed by atoms with Gasteiger partial charge in [0.25, 0.3) is 0 Å². The van der Waals surface area contributed by atoms with Crippen LogP contribution in [0.5, 0.6) is 5.75 Å². The molecule has 1 rings (SSSR count). The van der Waals surface area contributed by atoms with Crippen molar-refractivity contribution in [3.8, 4) is 5.75 Å². The first-order valence-corrected chi connectivity index (χ1v) is 2.13. The van der Waals surface area contributed by atoms with Crippen LogP contribution < -0.4 is 29.6 Å². The number of hydrogen-bond acceptors (Lipinski definition) is 1. The number of phenolic OH excluding ortho intramolecular Hbond substituents is 1. The van der Waals surface area contributed by atoms with Gasteiger partial charge in [0.05, 0.1) is 0 Å². The Morgan fingerprint density at radius 3 is 1.67 bits per heavy atom. The Bertz CT molecular complexity index is 139. The minimum atomic E-state index is 0. The largest absolute Gasteiger partial charge is 1.00 e. The van der Waals surface area contributed by atoms with Crippen molar-refractivity contribution in [3.63, 3.8) is 0 Å². The summed E-state index contributed by atoms with van der Waals surface area (Å²) in [5, 5.41) is 8.63. The maximum Gasteiger partial charge on any atom is 1.00 e. The average molecular weight is 132 g/mol. The van der Waals surface area contributed by atoms with E-state index in [2.05, 4.69) is 0 Å². The van der Waals surface area contributed by atoms with Gasteiger partial charge in [-0.1, -0.05) is 18.2 Å². The number of para-hydroxylation sites is 1. The van der Waals surface area contributed by atoms with E-state index >= 15 is 0 Å². The summed E-state index contributed by atoms with van der Waals surface area (Å²) in [6.07, 6.45) is 0. The van der Waals surface area contributed by atoms with Crippen molar-refractivity contribution in [2.24, 2.45) is 0 Å². The first-order valence-electron chi connectivity index (χ1n) is 2.13. The summed E-state index contributed by atoms with van der Waals surface area (Å²) in [6.45, 7) is 0. The fraction of sp³-hybridized carbons (Fsp3) is 0. The van der Waals surface area contributed by atoms with Gasteiger partial charge in [0.2, 0.25) is 0 Å². The molecule has 0 saturated carbocycles. The maximum absolute atomic E-state index is 8.63. The number of phenols is 1. The van der Waals surface area contributed by atoms with Crippen LogP contribution in [0.3, 0.4) is 0 Å². The fourth-order valence-electron chi connectivity index (χ4n) is 0.428. The molecule has 0 fully saturated rings. The molecule has 0 aromatic heterocycles. The topological polar surface area (TPSA) is 20.2 Å². The monoisotopic (exact) mass is 132 g/mol. The van der Waals surface area contributed by atoms with Gasteiger partial charge >= 0.3 is 29.6 Å². The van der Waals surface area contributed by atoms with Crippen LogP contribution in [-0.2, 0) is 0 Å². The van der Waals surface area contributed by atoms with Gasteiger partial charge in [0.15, 0.2) is 0 Å². The summed E-state index contributed by atoms with van der Waals surface area (Å²) in [5.74, 6) is 0.322. The van der Waals surface area contributed by atoms with Gasteiger partial charge in [0, 0.05) is 0 Å². The molecule has 0 amide bonds. The Kier molecular flexibility index (Phi) is 8.04. The standard InChI is InChI=1S/C6H6O.CH3.Na/c7-6-4-2-1-3-5-6;;/h1-5,7H;1H3;/q;-1;+1. The molecule has 0 saturated heterocycles. The zero-order valence-electron chi connectivity index (χ0n) is 5.83. The van der Waals surface area contributed by atoms with Crippen molar-refractivity contribution in [1.82, 2.24) is 0 Å². The van der Waals surface area contributed by atoms with Crippen molar-refractivity contribution in [2.75, 3.05) is 0 Å². The zero-order valence-corrected chi connectivity index (χ0v) is 7.83. The van der Waals surface area contributed by atoms with Gasteiger partial charge < -0.3 is 12.5 Å².